The number of carbonyl (C=O) groups excluding carboxylic acids is 1. The average molecular weight is 279 g/mol. The summed E-state index contributed by atoms with van der Waals surface area (Å²) in [5.74, 6) is -1.65. The molecule has 5 heteroatoms. The summed E-state index contributed by atoms with van der Waals surface area (Å²) < 4.78 is 0. The van der Waals surface area contributed by atoms with Gasteiger partial charge in [0.25, 0.3) is 0 Å². The molecular weight excluding hydrogens is 258 g/mol. The molecule has 1 aromatic rings. The van der Waals surface area contributed by atoms with Crippen LogP contribution in [-0.2, 0) is 9.59 Å². The number of rotatable bonds is 5. The van der Waals surface area contributed by atoms with Crippen LogP contribution < -0.4 is 5.32 Å². The summed E-state index contributed by atoms with van der Waals surface area (Å²) in [6, 6.07) is 7.06. The van der Waals surface area contributed by atoms with Crippen molar-refractivity contribution in [2.24, 2.45) is 5.41 Å². The first-order valence-electron chi connectivity index (χ1n) is 6.46. The number of amides is 1. The van der Waals surface area contributed by atoms with Gasteiger partial charge < -0.3 is 15.5 Å². The number of aliphatic carboxylic acids is 1. The Morgan fingerprint density at radius 2 is 1.75 bits per heavy atom. The maximum Gasteiger partial charge on any atom is 0.329 e. The summed E-state index contributed by atoms with van der Waals surface area (Å²) >= 11 is 0. The third-order valence-electron chi connectivity index (χ3n) is 2.73. The molecule has 1 amide bonds. The summed E-state index contributed by atoms with van der Waals surface area (Å²) in [5.41, 5.74) is 0.209. The highest BCUT2D eigenvalue weighted by Crippen LogP contribution is 2.20. The summed E-state index contributed by atoms with van der Waals surface area (Å²) in [6.45, 7) is 5.65. The Labute approximate surface area is 118 Å². The molecule has 3 N–H and O–H groups in total. The van der Waals surface area contributed by atoms with E-state index in [1.165, 1.54) is 0 Å². The Balaban J connectivity index is 2.80. The normalized spacial score (nSPS) is 14.4. The molecule has 2 unspecified atom stereocenters. The largest absolute Gasteiger partial charge is 0.480 e. The highest BCUT2D eigenvalue weighted by atomic mass is 16.4. The SMILES string of the molecule is CC(C)(C)CC(=O)NC(C(=O)O)C(O)c1ccccc1. The van der Waals surface area contributed by atoms with Gasteiger partial charge in [-0.25, -0.2) is 4.79 Å². The molecule has 1 rings (SSSR count). The second kappa shape index (κ2) is 6.52. The van der Waals surface area contributed by atoms with Crippen molar-refractivity contribution >= 4 is 11.9 Å². The van der Waals surface area contributed by atoms with Gasteiger partial charge in [-0.3, -0.25) is 4.79 Å². The highest BCUT2D eigenvalue weighted by molar-refractivity contribution is 5.84. The molecule has 0 saturated heterocycles. The molecule has 5 nitrogen and oxygen atoms in total. The zero-order chi connectivity index (χ0) is 15.3. The monoisotopic (exact) mass is 279 g/mol. The summed E-state index contributed by atoms with van der Waals surface area (Å²) in [5, 5.41) is 21.7. The van der Waals surface area contributed by atoms with Gasteiger partial charge in [0.05, 0.1) is 0 Å². The smallest absolute Gasteiger partial charge is 0.329 e. The van der Waals surface area contributed by atoms with E-state index in [1.807, 2.05) is 20.8 Å². The van der Waals surface area contributed by atoms with E-state index < -0.39 is 18.1 Å². The lowest BCUT2D eigenvalue weighted by Crippen LogP contribution is -2.45. The molecule has 0 bridgehead atoms. The lowest BCUT2D eigenvalue weighted by atomic mass is 9.91. The predicted octanol–water partition coefficient (Wildman–Crippen LogP) is 1.73. The van der Waals surface area contributed by atoms with Crippen molar-refractivity contribution in [3.63, 3.8) is 0 Å². The molecule has 0 radical (unpaired) electrons. The van der Waals surface area contributed by atoms with Gasteiger partial charge in [-0.15, -0.1) is 0 Å². The predicted molar refractivity (Wildman–Crippen MR) is 75.0 cm³/mol. The maximum absolute atomic E-state index is 11.8. The first-order chi connectivity index (χ1) is 9.20. The van der Waals surface area contributed by atoms with E-state index in [9.17, 15) is 19.8 Å². The van der Waals surface area contributed by atoms with Crippen LogP contribution in [0.5, 0.6) is 0 Å². The van der Waals surface area contributed by atoms with E-state index in [4.69, 9.17) is 0 Å². The molecule has 20 heavy (non-hydrogen) atoms. The fourth-order valence-corrected chi connectivity index (χ4v) is 1.82. The molecular formula is C15H21NO4. The number of aliphatic hydroxyl groups is 1. The first-order valence-corrected chi connectivity index (χ1v) is 6.46. The van der Waals surface area contributed by atoms with Crippen molar-refractivity contribution in [2.75, 3.05) is 0 Å². The van der Waals surface area contributed by atoms with Gasteiger partial charge in [-0.2, -0.15) is 0 Å². The van der Waals surface area contributed by atoms with Crippen molar-refractivity contribution in [2.45, 2.75) is 39.3 Å². The van der Waals surface area contributed by atoms with Gasteiger partial charge in [0.2, 0.25) is 5.91 Å². The number of carbonyl (C=O) groups is 2. The Hall–Kier alpha value is -1.88. The summed E-state index contributed by atoms with van der Waals surface area (Å²) in [6.07, 6.45) is -1.09. The molecule has 0 heterocycles. The number of hydrogen-bond donors (Lipinski definition) is 3. The lowest BCUT2D eigenvalue weighted by Gasteiger charge is -2.23. The minimum atomic E-state index is -1.35. The van der Waals surface area contributed by atoms with E-state index in [0.29, 0.717) is 5.56 Å². The molecule has 0 spiro atoms. The number of benzene rings is 1. The minimum absolute atomic E-state index is 0.193. The Morgan fingerprint density at radius 3 is 2.20 bits per heavy atom. The number of carboxylic acids is 1. The van der Waals surface area contributed by atoms with Gasteiger partial charge in [0.1, 0.15) is 6.10 Å². The average Bonchev–Trinajstić information content (AvgIpc) is 2.34. The fraction of sp³-hybridized carbons (Fsp3) is 0.467. The van der Waals surface area contributed by atoms with Crippen LogP contribution in [0.3, 0.4) is 0 Å². The number of hydrogen-bond acceptors (Lipinski definition) is 3. The quantitative estimate of drug-likeness (QED) is 0.766. The Kier molecular flexibility index (Phi) is 5.27. The lowest BCUT2D eigenvalue weighted by molar-refractivity contribution is -0.145. The molecule has 1 aromatic carbocycles. The van der Waals surface area contributed by atoms with Crippen molar-refractivity contribution < 1.29 is 19.8 Å². The van der Waals surface area contributed by atoms with E-state index >= 15 is 0 Å². The van der Waals surface area contributed by atoms with E-state index in [0.717, 1.165) is 0 Å². The van der Waals surface area contributed by atoms with Crippen LogP contribution in [0.2, 0.25) is 0 Å². The topological polar surface area (TPSA) is 86.6 Å². The van der Waals surface area contributed by atoms with E-state index in [-0.39, 0.29) is 17.7 Å². The van der Waals surface area contributed by atoms with Crippen LogP contribution in [0.15, 0.2) is 30.3 Å². The third-order valence-corrected chi connectivity index (χ3v) is 2.73. The van der Waals surface area contributed by atoms with Crippen LogP contribution in [0.25, 0.3) is 0 Å². The van der Waals surface area contributed by atoms with Gasteiger partial charge in [0.15, 0.2) is 6.04 Å². The zero-order valence-electron chi connectivity index (χ0n) is 12.0. The van der Waals surface area contributed by atoms with Crippen molar-refractivity contribution in [1.29, 1.82) is 0 Å². The van der Waals surface area contributed by atoms with Crippen LogP contribution in [0, 0.1) is 5.41 Å². The summed E-state index contributed by atoms with van der Waals surface area (Å²) in [4.78, 5) is 23.1. The number of aliphatic hydroxyl groups excluding tert-OH is 1. The van der Waals surface area contributed by atoms with Gasteiger partial charge >= 0.3 is 5.97 Å². The van der Waals surface area contributed by atoms with E-state index in [1.54, 1.807) is 30.3 Å². The molecule has 0 saturated carbocycles. The van der Waals surface area contributed by atoms with Crippen molar-refractivity contribution in [3.8, 4) is 0 Å². The standard InChI is InChI=1S/C15H21NO4/c1-15(2,3)9-11(17)16-12(14(19)20)13(18)10-7-5-4-6-8-10/h4-8,12-13,18H,9H2,1-3H3,(H,16,17)(H,19,20). The molecule has 0 aliphatic heterocycles. The number of nitrogens with one attached hydrogen (secondary N) is 1. The third kappa shape index (κ3) is 5.01. The maximum atomic E-state index is 11.8. The van der Waals surface area contributed by atoms with E-state index in [2.05, 4.69) is 5.32 Å². The molecule has 0 fully saturated rings. The van der Waals surface area contributed by atoms with Crippen LogP contribution in [-0.4, -0.2) is 28.1 Å². The molecule has 2 atom stereocenters. The van der Waals surface area contributed by atoms with Crippen molar-refractivity contribution in [1.82, 2.24) is 5.32 Å². The molecule has 0 aromatic heterocycles. The Bertz CT molecular complexity index is 465. The van der Waals surface area contributed by atoms with Crippen LogP contribution in [0.4, 0.5) is 0 Å². The van der Waals surface area contributed by atoms with Crippen molar-refractivity contribution in [3.05, 3.63) is 35.9 Å². The second-order valence-electron chi connectivity index (χ2n) is 5.98. The fourth-order valence-electron chi connectivity index (χ4n) is 1.82. The highest BCUT2D eigenvalue weighted by Gasteiger charge is 2.30. The summed E-state index contributed by atoms with van der Waals surface area (Å²) in [7, 11) is 0. The Morgan fingerprint density at radius 1 is 1.20 bits per heavy atom. The van der Waals surface area contributed by atoms with Gasteiger partial charge in [-0.1, -0.05) is 51.1 Å². The first kappa shape index (κ1) is 16.2. The minimum Gasteiger partial charge on any atom is -0.480 e. The zero-order valence-corrected chi connectivity index (χ0v) is 12.0. The number of carboxylic acid groups (broad SMARTS) is 1. The second-order valence-corrected chi connectivity index (χ2v) is 5.98. The molecule has 0 aliphatic rings. The van der Waals surface area contributed by atoms with Crippen LogP contribution in [0.1, 0.15) is 38.9 Å². The molecule has 0 aliphatic carbocycles. The van der Waals surface area contributed by atoms with Gasteiger partial charge in [-0.05, 0) is 11.0 Å². The molecule has 110 valence electrons. The van der Waals surface area contributed by atoms with Gasteiger partial charge in [0, 0.05) is 6.42 Å². The van der Waals surface area contributed by atoms with Crippen LogP contribution >= 0.6 is 0 Å².